The van der Waals surface area contributed by atoms with Crippen molar-refractivity contribution in [3.05, 3.63) is 52.6 Å². The molecule has 0 amide bonds. The largest absolute Gasteiger partial charge is 0.411 e. The first kappa shape index (κ1) is 19.0. The normalized spacial score (nSPS) is 12.2. The van der Waals surface area contributed by atoms with Crippen LogP contribution in [0.3, 0.4) is 0 Å². The van der Waals surface area contributed by atoms with Crippen LogP contribution in [0.4, 0.5) is 4.39 Å². The molecule has 3 aromatic rings. The number of rotatable bonds is 6. The number of ketones is 2. The molecule has 0 spiro atoms. The van der Waals surface area contributed by atoms with Gasteiger partial charge in [-0.2, -0.15) is 0 Å². The molecule has 1 N–H and O–H groups in total. The first-order valence-electron chi connectivity index (χ1n) is 8.29. The molecule has 0 aliphatic rings. The summed E-state index contributed by atoms with van der Waals surface area (Å²) < 4.78 is 19.3. The third-order valence-corrected chi connectivity index (χ3v) is 5.13. The quantitative estimate of drug-likeness (QED) is 0.498. The Morgan fingerprint density at radius 1 is 1.22 bits per heavy atom. The molecule has 1 aromatic carbocycles. The topological polar surface area (TPSA) is 88.9 Å². The van der Waals surface area contributed by atoms with E-state index in [1.54, 1.807) is 39.0 Å². The lowest BCUT2D eigenvalue weighted by molar-refractivity contribution is 0.0988. The average Bonchev–Trinajstić information content (AvgIpc) is 3.18. The Balaban J connectivity index is 1.79. The number of aromatic amines is 1. The van der Waals surface area contributed by atoms with E-state index in [2.05, 4.69) is 15.2 Å². The van der Waals surface area contributed by atoms with E-state index >= 15 is 0 Å². The van der Waals surface area contributed by atoms with E-state index in [1.165, 1.54) is 13.0 Å². The van der Waals surface area contributed by atoms with Gasteiger partial charge >= 0.3 is 0 Å². The van der Waals surface area contributed by atoms with E-state index < -0.39 is 11.1 Å². The maximum atomic E-state index is 13.8. The van der Waals surface area contributed by atoms with Crippen LogP contribution < -0.4 is 0 Å². The Bertz CT molecular complexity index is 1030. The van der Waals surface area contributed by atoms with Crippen molar-refractivity contribution >= 4 is 23.3 Å². The van der Waals surface area contributed by atoms with Gasteiger partial charge in [-0.05, 0) is 45.4 Å². The highest BCUT2D eigenvalue weighted by Crippen LogP contribution is 2.30. The van der Waals surface area contributed by atoms with Crippen molar-refractivity contribution < 1.29 is 18.4 Å². The lowest BCUT2D eigenvalue weighted by Crippen LogP contribution is -2.15. The summed E-state index contributed by atoms with van der Waals surface area (Å²) >= 11 is 1.08. The van der Waals surface area contributed by atoms with Crippen molar-refractivity contribution in [2.45, 2.75) is 38.2 Å². The van der Waals surface area contributed by atoms with Gasteiger partial charge in [-0.15, -0.1) is 10.2 Å². The molecule has 3 rings (SSSR count). The van der Waals surface area contributed by atoms with Gasteiger partial charge in [0.05, 0.1) is 16.5 Å². The third-order valence-electron chi connectivity index (χ3n) is 4.19. The molecule has 27 heavy (non-hydrogen) atoms. The number of hydrogen-bond donors (Lipinski definition) is 1. The molecule has 2 aromatic heterocycles. The Kier molecular flexibility index (Phi) is 5.27. The Morgan fingerprint density at radius 3 is 2.56 bits per heavy atom. The maximum absolute atomic E-state index is 13.8. The summed E-state index contributed by atoms with van der Waals surface area (Å²) in [6.07, 6.45) is 0. The predicted octanol–water partition coefficient (Wildman–Crippen LogP) is 4.39. The second kappa shape index (κ2) is 7.48. The van der Waals surface area contributed by atoms with E-state index in [0.717, 1.165) is 11.8 Å². The fourth-order valence-corrected chi connectivity index (χ4v) is 3.68. The molecule has 1 atom stereocenters. The molecule has 140 valence electrons. The van der Waals surface area contributed by atoms with Gasteiger partial charge in [-0.25, -0.2) is 4.39 Å². The number of benzene rings is 1. The number of nitrogens with zero attached hydrogens (tertiary/aromatic N) is 2. The van der Waals surface area contributed by atoms with Crippen molar-refractivity contribution in [3.63, 3.8) is 0 Å². The highest BCUT2D eigenvalue weighted by molar-refractivity contribution is 8.00. The van der Waals surface area contributed by atoms with Crippen LogP contribution in [0.1, 0.15) is 46.0 Å². The Labute approximate surface area is 159 Å². The molecule has 6 nitrogen and oxygen atoms in total. The SMILES string of the molecule is CC(=O)c1c(C)[nH]c(C(=O)[C@@H](C)Sc2nnc(-c3ccccc3F)o2)c1C. The second-order valence-corrected chi connectivity index (χ2v) is 7.45. The minimum Gasteiger partial charge on any atom is -0.411 e. The smallest absolute Gasteiger partial charge is 0.277 e. The average molecular weight is 387 g/mol. The number of Topliss-reactive ketones (excluding diaryl/α,β-unsaturated/α-hetero) is 2. The molecule has 0 aliphatic carbocycles. The molecule has 0 fully saturated rings. The zero-order chi connectivity index (χ0) is 19.7. The minimum atomic E-state index is -0.532. The predicted molar refractivity (Wildman–Crippen MR) is 99.6 cm³/mol. The number of halogens is 1. The number of nitrogens with one attached hydrogen (secondary N) is 1. The van der Waals surface area contributed by atoms with Crippen molar-refractivity contribution in [2.75, 3.05) is 0 Å². The summed E-state index contributed by atoms with van der Waals surface area (Å²) in [5.74, 6) is -0.678. The van der Waals surface area contributed by atoms with Gasteiger partial charge in [0.2, 0.25) is 0 Å². The van der Waals surface area contributed by atoms with Crippen molar-refractivity contribution in [1.29, 1.82) is 0 Å². The summed E-state index contributed by atoms with van der Waals surface area (Å²) in [5, 5.41) is 7.37. The maximum Gasteiger partial charge on any atom is 0.277 e. The van der Waals surface area contributed by atoms with Gasteiger partial charge in [0.25, 0.3) is 11.1 Å². The summed E-state index contributed by atoms with van der Waals surface area (Å²) in [5.41, 5.74) is 2.44. The van der Waals surface area contributed by atoms with Crippen molar-refractivity contribution in [1.82, 2.24) is 15.2 Å². The number of H-pyrrole nitrogens is 1. The first-order chi connectivity index (χ1) is 12.8. The zero-order valence-electron chi connectivity index (χ0n) is 15.3. The molecule has 8 heteroatoms. The van der Waals surface area contributed by atoms with Crippen LogP contribution >= 0.6 is 11.8 Å². The van der Waals surface area contributed by atoms with Crippen LogP contribution in [0.25, 0.3) is 11.5 Å². The van der Waals surface area contributed by atoms with Crippen LogP contribution in [0.15, 0.2) is 33.9 Å². The fourth-order valence-electron chi connectivity index (χ4n) is 2.93. The van der Waals surface area contributed by atoms with Crippen LogP contribution in [-0.2, 0) is 0 Å². The molecule has 0 bridgehead atoms. The summed E-state index contributed by atoms with van der Waals surface area (Å²) in [6.45, 7) is 6.69. The Morgan fingerprint density at radius 2 is 1.93 bits per heavy atom. The molecule has 0 aliphatic heterocycles. The number of hydrogen-bond acceptors (Lipinski definition) is 6. The molecular weight excluding hydrogens is 369 g/mol. The monoisotopic (exact) mass is 387 g/mol. The van der Waals surface area contributed by atoms with E-state index in [9.17, 15) is 14.0 Å². The van der Waals surface area contributed by atoms with Crippen LogP contribution in [0.2, 0.25) is 0 Å². The number of thioether (sulfide) groups is 1. The van der Waals surface area contributed by atoms with E-state index in [1.807, 2.05) is 0 Å². The molecule has 0 unspecified atom stereocenters. The lowest BCUT2D eigenvalue weighted by Gasteiger charge is -2.07. The standard InChI is InChI=1S/C19H18FN3O3S/c1-9-15(11(3)24)10(2)21-16(9)17(25)12(4)27-19-23-22-18(26-19)13-7-5-6-8-14(13)20/h5-8,12,21H,1-4H3/t12-/m1/s1. The molecule has 0 saturated carbocycles. The minimum absolute atomic E-state index is 0.0565. The lowest BCUT2D eigenvalue weighted by atomic mass is 10.0. The van der Waals surface area contributed by atoms with Crippen LogP contribution in [0, 0.1) is 19.7 Å². The van der Waals surface area contributed by atoms with Gasteiger partial charge in [0.15, 0.2) is 11.6 Å². The van der Waals surface area contributed by atoms with Gasteiger partial charge in [0.1, 0.15) is 5.82 Å². The molecular formula is C19H18FN3O3S. The van der Waals surface area contributed by atoms with E-state index in [-0.39, 0.29) is 28.2 Å². The van der Waals surface area contributed by atoms with Gasteiger partial charge in [-0.3, -0.25) is 9.59 Å². The Hall–Kier alpha value is -2.74. The summed E-state index contributed by atoms with van der Waals surface area (Å²) in [6, 6.07) is 6.09. The highest BCUT2D eigenvalue weighted by Gasteiger charge is 2.26. The van der Waals surface area contributed by atoms with E-state index in [4.69, 9.17) is 4.42 Å². The fraction of sp³-hybridized carbons (Fsp3) is 0.263. The van der Waals surface area contributed by atoms with Gasteiger partial charge < -0.3 is 9.40 Å². The third kappa shape index (κ3) is 3.71. The molecule has 0 radical (unpaired) electrons. The summed E-state index contributed by atoms with van der Waals surface area (Å²) in [4.78, 5) is 27.5. The molecule has 0 saturated heterocycles. The summed E-state index contributed by atoms with van der Waals surface area (Å²) in [7, 11) is 0. The second-order valence-electron chi connectivity index (χ2n) is 6.16. The highest BCUT2D eigenvalue weighted by atomic mass is 32.2. The van der Waals surface area contributed by atoms with Gasteiger partial charge in [0, 0.05) is 11.3 Å². The number of aryl methyl sites for hydroxylation is 1. The number of carbonyl (C=O) groups is 2. The van der Waals surface area contributed by atoms with Gasteiger partial charge in [-0.1, -0.05) is 23.9 Å². The van der Waals surface area contributed by atoms with Crippen molar-refractivity contribution in [2.24, 2.45) is 0 Å². The van der Waals surface area contributed by atoms with Crippen molar-refractivity contribution in [3.8, 4) is 11.5 Å². The molecule has 2 heterocycles. The number of carbonyl (C=O) groups excluding carboxylic acids is 2. The first-order valence-corrected chi connectivity index (χ1v) is 9.17. The van der Waals surface area contributed by atoms with Crippen LogP contribution in [-0.4, -0.2) is 32.0 Å². The number of aromatic nitrogens is 3. The zero-order valence-corrected chi connectivity index (χ0v) is 16.1. The van der Waals surface area contributed by atoms with Crippen LogP contribution in [0.5, 0.6) is 0 Å². The van der Waals surface area contributed by atoms with E-state index in [0.29, 0.717) is 22.5 Å².